The zero-order valence-corrected chi connectivity index (χ0v) is 16.7. The smallest absolute Gasteiger partial charge is 0.287 e. The van der Waals surface area contributed by atoms with Crippen molar-refractivity contribution in [1.29, 1.82) is 0 Å². The van der Waals surface area contributed by atoms with Crippen LogP contribution in [0.15, 0.2) is 69.3 Å². The van der Waals surface area contributed by atoms with Gasteiger partial charge in [0.05, 0.1) is 11.8 Å². The van der Waals surface area contributed by atoms with Gasteiger partial charge < -0.3 is 24.5 Å². The van der Waals surface area contributed by atoms with Crippen molar-refractivity contribution in [3.63, 3.8) is 0 Å². The molecule has 0 spiro atoms. The Balaban J connectivity index is 1.35. The average Bonchev–Trinajstić information content (AvgIpc) is 3.32. The lowest BCUT2D eigenvalue weighted by molar-refractivity contribution is 0.0909. The number of furan rings is 1. The number of rotatable bonds is 7. The Morgan fingerprint density at radius 2 is 1.77 bits per heavy atom. The molecule has 0 saturated heterocycles. The Labute approximate surface area is 177 Å². The van der Waals surface area contributed by atoms with Crippen molar-refractivity contribution >= 4 is 23.6 Å². The summed E-state index contributed by atoms with van der Waals surface area (Å²) in [6, 6.07) is 12.3. The zero-order valence-electron chi connectivity index (χ0n) is 15.9. The second kappa shape index (κ2) is 9.36. The molecule has 0 atom stereocenters. The molecule has 2 N–H and O–H groups in total. The lowest BCUT2D eigenvalue weighted by Crippen LogP contribution is -2.34. The van der Waals surface area contributed by atoms with Crippen LogP contribution in [0.4, 0.5) is 0 Å². The monoisotopic (exact) mass is 425 g/mol. The molecule has 2 amide bonds. The Bertz CT molecular complexity index is 1040. The lowest BCUT2D eigenvalue weighted by atomic mass is 10.2. The van der Waals surface area contributed by atoms with Crippen molar-refractivity contribution < 1.29 is 23.5 Å². The predicted molar refractivity (Wildman–Crippen MR) is 109 cm³/mol. The third-order valence-electron chi connectivity index (χ3n) is 4.19. The van der Waals surface area contributed by atoms with Crippen molar-refractivity contribution in [3.8, 4) is 11.5 Å². The Kier molecular flexibility index (Phi) is 6.19. The number of nitrogens with zero attached hydrogens (tertiary/aromatic N) is 1. The highest BCUT2D eigenvalue weighted by molar-refractivity contribution is 7.99. The minimum absolute atomic E-state index is 0.228. The molecular weight excluding hydrogens is 406 g/mol. The summed E-state index contributed by atoms with van der Waals surface area (Å²) in [4.78, 5) is 29.7. The molecule has 2 aromatic heterocycles. The summed E-state index contributed by atoms with van der Waals surface area (Å²) in [5.74, 6) is 1.02. The fourth-order valence-corrected chi connectivity index (χ4v) is 3.70. The van der Waals surface area contributed by atoms with Gasteiger partial charge in [-0.15, -0.1) is 0 Å². The minimum atomic E-state index is -0.328. The van der Waals surface area contributed by atoms with Gasteiger partial charge in [-0.1, -0.05) is 11.8 Å². The van der Waals surface area contributed by atoms with Crippen LogP contribution in [0.1, 0.15) is 20.9 Å². The van der Waals surface area contributed by atoms with Crippen LogP contribution in [-0.4, -0.2) is 43.1 Å². The first-order valence-corrected chi connectivity index (χ1v) is 10.1. The third kappa shape index (κ3) is 4.74. The molecule has 1 aliphatic heterocycles. The van der Waals surface area contributed by atoms with Gasteiger partial charge in [-0.05, 0) is 42.5 Å². The van der Waals surface area contributed by atoms with Crippen LogP contribution in [0.3, 0.4) is 0 Å². The maximum absolute atomic E-state index is 12.6. The number of aromatic nitrogens is 1. The number of hydrogen-bond acceptors (Lipinski definition) is 7. The molecule has 0 aliphatic carbocycles. The number of carbonyl (C=O) groups excluding carboxylic acids is 2. The van der Waals surface area contributed by atoms with Gasteiger partial charge in [0.25, 0.3) is 11.8 Å². The largest absolute Gasteiger partial charge is 0.486 e. The first-order valence-electron chi connectivity index (χ1n) is 9.33. The second-order valence-corrected chi connectivity index (χ2v) is 7.31. The van der Waals surface area contributed by atoms with E-state index in [9.17, 15) is 9.59 Å². The van der Waals surface area contributed by atoms with E-state index in [4.69, 9.17) is 13.9 Å². The predicted octanol–water partition coefficient (Wildman–Crippen LogP) is 2.76. The van der Waals surface area contributed by atoms with E-state index < -0.39 is 0 Å². The maximum Gasteiger partial charge on any atom is 0.287 e. The van der Waals surface area contributed by atoms with Crippen molar-refractivity contribution in [3.05, 3.63) is 66.2 Å². The van der Waals surface area contributed by atoms with Gasteiger partial charge in [0.15, 0.2) is 17.3 Å². The SMILES string of the molecule is O=C(NCCNC(=O)c1cccnc1Sc1ccc2c(c1)OCCO2)c1ccco1. The van der Waals surface area contributed by atoms with E-state index in [2.05, 4.69) is 15.6 Å². The molecule has 3 aromatic rings. The highest BCUT2D eigenvalue weighted by Crippen LogP contribution is 2.37. The molecule has 0 unspecified atom stereocenters. The lowest BCUT2D eigenvalue weighted by Gasteiger charge is -2.18. The molecule has 0 bridgehead atoms. The van der Waals surface area contributed by atoms with Crippen LogP contribution in [0.5, 0.6) is 11.5 Å². The summed E-state index contributed by atoms with van der Waals surface area (Å²) in [5.41, 5.74) is 0.453. The molecule has 9 heteroatoms. The van der Waals surface area contributed by atoms with E-state index >= 15 is 0 Å². The van der Waals surface area contributed by atoms with Crippen LogP contribution in [0.25, 0.3) is 0 Å². The summed E-state index contributed by atoms with van der Waals surface area (Å²) in [5, 5.41) is 6.05. The van der Waals surface area contributed by atoms with Gasteiger partial charge in [-0.3, -0.25) is 9.59 Å². The van der Waals surface area contributed by atoms with Gasteiger partial charge in [0.2, 0.25) is 0 Å². The number of hydrogen-bond donors (Lipinski definition) is 2. The Morgan fingerprint density at radius 1 is 0.967 bits per heavy atom. The number of ether oxygens (including phenoxy) is 2. The summed E-state index contributed by atoms with van der Waals surface area (Å²) in [7, 11) is 0. The molecule has 0 radical (unpaired) electrons. The molecule has 0 fully saturated rings. The van der Waals surface area contributed by atoms with E-state index in [0.29, 0.717) is 35.3 Å². The molecule has 154 valence electrons. The van der Waals surface area contributed by atoms with Crippen LogP contribution in [0.2, 0.25) is 0 Å². The molecule has 4 rings (SSSR count). The highest BCUT2D eigenvalue weighted by atomic mass is 32.2. The number of pyridine rings is 1. The van der Waals surface area contributed by atoms with Crippen molar-refractivity contribution in [2.24, 2.45) is 0 Å². The van der Waals surface area contributed by atoms with Crippen LogP contribution in [0, 0.1) is 0 Å². The molecule has 3 heterocycles. The van der Waals surface area contributed by atoms with Gasteiger partial charge in [-0.25, -0.2) is 4.98 Å². The summed E-state index contributed by atoms with van der Waals surface area (Å²) >= 11 is 1.37. The quantitative estimate of drug-likeness (QED) is 0.561. The van der Waals surface area contributed by atoms with Crippen LogP contribution >= 0.6 is 11.8 Å². The fraction of sp³-hybridized carbons (Fsp3) is 0.190. The molecular formula is C21H19N3O5S. The fourth-order valence-electron chi connectivity index (χ4n) is 2.79. The molecule has 8 nitrogen and oxygen atoms in total. The van der Waals surface area contributed by atoms with E-state index in [0.717, 1.165) is 4.90 Å². The van der Waals surface area contributed by atoms with E-state index in [1.807, 2.05) is 18.2 Å². The number of fused-ring (bicyclic) bond motifs is 1. The summed E-state index contributed by atoms with van der Waals surface area (Å²) < 4.78 is 16.2. The van der Waals surface area contributed by atoms with Crippen molar-refractivity contribution in [2.45, 2.75) is 9.92 Å². The normalized spacial score (nSPS) is 12.3. The number of amides is 2. The van der Waals surface area contributed by atoms with Gasteiger partial charge >= 0.3 is 0 Å². The van der Waals surface area contributed by atoms with Gasteiger partial charge in [0, 0.05) is 24.2 Å². The molecule has 0 saturated carbocycles. The second-order valence-electron chi connectivity index (χ2n) is 6.25. The summed E-state index contributed by atoms with van der Waals surface area (Å²) in [6.45, 7) is 1.59. The first-order chi connectivity index (χ1) is 14.7. The first kappa shape index (κ1) is 19.8. The van der Waals surface area contributed by atoms with E-state index in [1.165, 1.54) is 18.0 Å². The molecule has 1 aromatic carbocycles. The zero-order chi connectivity index (χ0) is 20.8. The van der Waals surface area contributed by atoms with Crippen LogP contribution in [-0.2, 0) is 0 Å². The molecule has 30 heavy (non-hydrogen) atoms. The van der Waals surface area contributed by atoms with E-state index in [1.54, 1.807) is 30.5 Å². The molecule has 1 aliphatic rings. The summed E-state index contributed by atoms with van der Waals surface area (Å²) in [6.07, 6.45) is 3.07. The third-order valence-corrected chi connectivity index (χ3v) is 5.19. The topological polar surface area (TPSA) is 103 Å². The Morgan fingerprint density at radius 3 is 2.57 bits per heavy atom. The number of benzene rings is 1. The maximum atomic E-state index is 12.6. The van der Waals surface area contributed by atoms with Crippen LogP contribution < -0.4 is 20.1 Å². The van der Waals surface area contributed by atoms with Crippen molar-refractivity contribution in [1.82, 2.24) is 15.6 Å². The number of nitrogens with one attached hydrogen (secondary N) is 2. The number of carbonyl (C=O) groups is 2. The minimum Gasteiger partial charge on any atom is -0.486 e. The average molecular weight is 425 g/mol. The highest BCUT2D eigenvalue weighted by Gasteiger charge is 2.16. The standard InChI is InChI=1S/C21H19N3O5S/c25-19(22-8-9-23-20(26)17-4-2-10-27-17)15-3-1-7-24-21(15)30-14-5-6-16-18(13-14)29-12-11-28-16/h1-7,10,13H,8-9,11-12H2,(H,22,25)(H,23,26). The van der Waals surface area contributed by atoms with E-state index in [-0.39, 0.29) is 30.7 Å². The van der Waals surface area contributed by atoms with Crippen molar-refractivity contribution in [2.75, 3.05) is 26.3 Å². The van der Waals surface area contributed by atoms with Gasteiger partial charge in [0.1, 0.15) is 18.2 Å². The Hall–Kier alpha value is -3.46. The van der Waals surface area contributed by atoms with Gasteiger partial charge in [-0.2, -0.15) is 0 Å².